The molecule has 0 spiro atoms. The summed E-state index contributed by atoms with van der Waals surface area (Å²) in [6, 6.07) is 37.3. The standard InChI is InChI=1S/C34H20BrN5/c35-25-14-15-30-27(18-25)31-32(28-16-21-8-4-6-10-23(21)19-36-28)38-33(29-17-22-9-5-7-11-24(22)20-37-29)39-34(31)40(30)26-12-2-1-3-13-26/h1-20H. The van der Waals surface area contributed by atoms with Crippen LogP contribution in [0.5, 0.6) is 0 Å². The summed E-state index contributed by atoms with van der Waals surface area (Å²) in [6.07, 6.45) is 3.80. The van der Waals surface area contributed by atoms with Gasteiger partial charge in [0.2, 0.25) is 0 Å². The molecule has 8 aromatic rings. The molecule has 0 atom stereocenters. The minimum atomic E-state index is 0.558. The second kappa shape index (κ2) is 9.07. The van der Waals surface area contributed by atoms with Gasteiger partial charge in [0.15, 0.2) is 5.82 Å². The lowest BCUT2D eigenvalue weighted by atomic mass is 10.1. The molecule has 40 heavy (non-hydrogen) atoms. The smallest absolute Gasteiger partial charge is 0.180 e. The summed E-state index contributed by atoms with van der Waals surface area (Å²) in [5, 5.41) is 6.37. The Morgan fingerprint density at radius 1 is 0.575 bits per heavy atom. The van der Waals surface area contributed by atoms with E-state index in [0.717, 1.165) is 65.0 Å². The molecule has 188 valence electrons. The zero-order chi connectivity index (χ0) is 26.6. The Bertz CT molecular complexity index is 2240. The Morgan fingerprint density at radius 2 is 1.20 bits per heavy atom. The molecule has 0 aliphatic heterocycles. The van der Waals surface area contributed by atoms with Crippen LogP contribution in [0.15, 0.2) is 126 Å². The zero-order valence-corrected chi connectivity index (χ0v) is 22.7. The number of aromatic nitrogens is 5. The fourth-order valence-electron chi connectivity index (χ4n) is 5.43. The van der Waals surface area contributed by atoms with Gasteiger partial charge in [0.25, 0.3) is 0 Å². The van der Waals surface area contributed by atoms with Crippen LogP contribution in [0.1, 0.15) is 0 Å². The number of benzene rings is 4. The van der Waals surface area contributed by atoms with Crippen molar-refractivity contribution in [2.45, 2.75) is 0 Å². The van der Waals surface area contributed by atoms with Crippen LogP contribution in [0.3, 0.4) is 0 Å². The first-order valence-corrected chi connectivity index (χ1v) is 13.8. The van der Waals surface area contributed by atoms with E-state index in [0.29, 0.717) is 11.5 Å². The van der Waals surface area contributed by atoms with Crippen LogP contribution in [0, 0.1) is 0 Å². The highest BCUT2D eigenvalue weighted by molar-refractivity contribution is 9.10. The quantitative estimate of drug-likeness (QED) is 0.210. The van der Waals surface area contributed by atoms with Gasteiger partial charge in [-0.3, -0.25) is 14.5 Å². The van der Waals surface area contributed by atoms with Gasteiger partial charge < -0.3 is 0 Å². The molecule has 0 radical (unpaired) electrons. The van der Waals surface area contributed by atoms with E-state index in [1.165, 1.54) is 0 Å². The maximum Gasteiger partial charge on any atom is 0.180 e. The van der Waals surface area contributed by atoms with E-state index < -0.39 is 0 Å². The number of nitrogens with zero attached hydrogens (tertiary/aromatic N) is 5. The number of fused-ring (bicyclic) bond motifs is 5. The van der Waals surface area contributed by atoms with Gasteiger partial charge in [-0.05, 0) is 53.2 Å². The van der Waals surface area contributed by atoms with Crippen LogP contribution >= 0.6 is 15.9 Å². The summed E-state index contributed by atoms with van der Waals surface area (Å²) in [5.41, 5.74) is 5.17. The number of rotatable bonds is 3. The van der Waals surface area contributed by atoms with E-state index in [9.17, 15) is 0 Å². The van der Waals surface area contributed by atoms with Crippen LogP contribution in [0.25, 0.3) is 72.1 Å². The number of hydrogen-bond donors (Lipinski definition) is 0. The average molecular weight is 578 g/mol. The first-order valence-electron chi connectivity index (χ1n) is 13.0. The van der Waals surface area contributed by atoms with E-state index in [2.05, 4.69) is 87.2 Å². The minimum Gasteiger partial charge on any atom is -0.294 e. The molecule has 8 rings (SSSR count). The lowest BCUT2D eigenvalue weighted by Gasteiger charge is -2.10. The van der Waals surface area contributed by atoms with Crippen LogP contribution in [-0.2, 0) is 0 Å². The van der Waals surface area contributed by atoms with Crippen molar-refractivity contribution in [2.75, 3.05) is 0 Å². The van der Waals surface area contributed by atoms with Crippen molar-refractivity contribution < 1.29 is 0 Å². The molecule has 0 bridgehead atoms. The van der Waals surface area contributed by atoms with Gasteiger partial charge in [0, 0.05) is 38.7 Å². The largest absolute Gasteiger partial charge is 0.294 e. The normalized spacial score (nSPS) is 11.6. The van der Waals surface area contributed by atoms with Gasteiger partial charge in [0.1, 0.15) is 17.0 Å². The van der Waals surface area contributed by atoms with Gasteiger partial charge >= 0.3 is 0 Å². The Morgan fingerprint density at radius 3 is 1.93 bits per heavy atom. The van der Waals surface area contributed by atoms with Gasteiger partial charge in [0.05, 0.1) is 16.6 Å². The lowest BCUT2D eigenvalue weighted by Crippen LogP contribution is -2.01. The SMILES string of the molecule is Brc1ccc2c(c1)c1c(-c3cc4ccccc4cn3)nc(-c3cc4ccccc4cn3)nc1n2-c1ccccc1. The lowest BCUT2D eigenvalue weighted by molar-refractivity contribution is 1.10. The fraction of sp³-hybridized carbons (Fsp3) is 0. The Labute approximate surface area is 237 Å². The first kappa shape index (κ1) is 23.0. The molecule has 0 N–H and O–H groups in total. The maximum atomic E-state index is 5.19. The van der Waals surface area contributed by atoms with Gasteiger partial charge in [-0.1, -0.05) is 82.7 Å². The van der Waals surface area contributed by atoms with Gasteiger partial charge in [-0.2, -0.15) is 0 Å². The van der Waals surface area contributed by atoms with E-state index in [1.54, 1.807) is 0 Å². The molecule has 0 saturated heterocycles. The topological polar surface area (TPSA) is 56.5 Å². The summed E-state index contributed by atoms with van der Waals surface area (Å²) in [7, 11) is 0. The molecule has 0 aliphatic rings. The second-order valence-electron chi connectivity index (χ2n) is 9.76. The molecule has 0 amide bonds. The van der Waals surface area contributed by atoms with Crippen LogP contribution < -0.4 is 0 Å². The fourth-order valence-corrected chi connectivity index (χ4v) is 5.79. The molecule has 0 aliphatic carbocycles. The van der Waals surface area contributed by atoms with Crippen LogP contribution in [-0.4, -0.2) is 24.5 Å². The third-order valence-corrected chi connectivity index (χ3v) is 7.81. The van der Waals surface area contributed by atoms with Gasteiger partial charge in [-0.25, -0.2) is 9.97 Å². The molecular formula is C34H20BrN5. The second-order valence-corrected chi connectivity index (χ2v) is 10.7. The molecule has 0 saturated carbocycles. The highest BCUT2D eigenvalue weighted by atomic mass is 79.9. The van der Waals surface area contributed by atoms with E-state index in [1.807, 2.05) is 54.9 Å². The summed E-state index contributed by atoms with van der Waals surface area (Å²) in [5.74, 6) is 0.558. The predicted octanol–water partition coefficient (Wildman–Crippen LogP) is 8.77. The summed E-state index contributed by atoms with van der Waals surface area (Å²) >= 11 is 3.70. The Hall–Kier alpha value is -4.94. The third kappa shape index (κ3) is 3.68. The van der Waals surface area contributed by atoms with E-state index >= 15 is 0 Å². The van der Waals surface area contributed by atoms with Gasteiger partial charge in [-0.15, -0.1) is 0 Å². The van der Waals surface area contributed by atoms with Crippen molar-refractivity contribution in [1.82, 2.24) is 24.5 Å². The Balaban J connectivity index is 1.52. The molecule has 4 aromatic carbocycles. The summed E-state index contributed by atoms with van der Waals surface area (Å²) in [6.45, 7) is 0. The van der Waals surface area contributed by atoms with E-state index in [4.69, 9.17) is 19.9 Å². The molecule has 4 aromatic heterocycles. The van der Waals surface area contributed by atoms with Crippen LogP contribution in [0.4, 0.5) is 0 Å². The van der Waals surface area contributed by atoms with Crippen molar-refractivity contribution in [3.63, 3.8) is 0 Å². The van der Waals surface area contributed by atoms with Crippen molar-refractivity contribution in [2.24, 2.45) is 0 Å². The molecule has 0 fully saturated rings. The number of halogens is 1. The number of hydrogen-bond acceptors (Lipinski definition) is 4. The van der Waals surface area contributed by atoms with Crippen molar-refractivity contribution >= 4 is 59.4 Å². The zero-order valence-electron chi connectivity index (χ0n) is 21.2. The summed E-state index contributed by atoms with van der Waals surface area (Å²) < 4.78 is 3.19. The van der Waals surface area contributed by atoms with Crippen molar-refractivity contribution in [3.8, 4) is 28.6 Å². The van der Waals surface area contributed by atoms with Crippen molar-refractivity contribution in [3.05, 3.63) is 126 Å². The Kier molecular flexibility index (Phi) is 5.21. The predicted molar refractivity (Wildman–Crippen MR) is 166 cm³/mol. The minimum absolute atomic E-state index is 0.558. The highest BCUT2D eigenvalue weighted by Crippen LogP contribution is 2.39. The number of pyridine rings is 2. The molecule has 0 unspecified atom stereocenters. The van der Waals surface area contributed by atoms with Crippen LogP contribution in [0.2, 0.25) is 0 Å². The number of para-hydroxylation sites is 1. The highest BCUT2D eigenvalue weighted by Gasteiger charge is 2.22. The van der Waals surface area contributed by atoms with E-state index in [-0.39, 0.29) is 0 Å². The summed E-state index contributed by atoms with van der Waals surface area (Å²) in [4.78, 5) is 20.0. The first-order chi connectivity index (χ1) is 19.7. The van der Waals surface area contributed by atoms with Crippen molar-refractivity contribution in [1.29, 1.82) is 0 Å². The molecule has 5 nitrogen and oxygen atoms in total. The maximum absolute atomic E-state index is 5.19. The molecule has 6 heteroatoms. The average Bonchev–Trinajstić information content (AvgIpc) is 3.34. The molecular weight excluding hydrogens is 558 g/mol. The third-order valence-electron chi connectivity index (χ3n) is 7.32. The monoisotopic (exact) mass is 577 g/mol. The molecule has 4 heterocycles.